The number of benzene rings is 2. The summed E-state index contributed by atoms with van der Waals surface area (Å²) in [5, 5.41) is 4.31. The Morgan fingerprint density at radius 1 is 1.04 bits per heavy atom. The van der Waals surface area contributed by atoms with Crippen molar-refractivity contribution in [3.05, 3.63) is 83.7 Å². The summed E-state index contributed by atoms with van der Waals surface area (Å²) in [7, 11) is 1.73. The van der Waals surface area contributed by atoms with Gasteiger partial charge in [-0.1, -0.05) is 36.4 Å². The van der Waals surface area contributed by atoms with Crippen molar-refractivity contribution in [2.75, 3.05) is 13.7 Å². The molecular weight excluding hydrogens is 322 g/mol. The first-order valence-corrected chi connectivity index (χ1v) is 9.25. The minimum atomic E-state index is 0.472. The van der Waals surface area contributed by atoms with Crippen molar-refractivity contribution >= 4 is 0 Å². The van der Waals surface area contributed by atoms with Crippen molar-refractivity contribution in [3.63, 3.8) is 0 Å². The Balaban J connectivity index is 1.49. The summed E-state index contributed by atoms with van der Waals surface area (Å²) >= 11 is 0. The molecule has 0 spiro atoms. The van der Waals surface area contributed by atoms with Crippen LogP contribution in [0.1, 0.15) is 35.6 Å². The first-order valence-electron chi connectivity index (χ1n) is 9.25. The number of hydrogen-bond acceptors (Lipinski definition) is 3. The van der Waals surface area contributed by atoms with E-state index in [2.05, 4.69) is 52.5 Å². The van der Waals surface area contributed by atoms with Gasteiger partial charge in [-0.05, 0) is 54.3 Å². The number of ether oxygens (including phenoxy) is 1. The number of hydrogen-bond donors (Lipinski definition) is 0. The Bertz CT molecular complexity index is 844. The summed E-state index contributed by atoms with van der Waals surface area (Å²) < 4.78 is 7.37. The third-order valence-electron chi connectivity index (χ3n) is 5.12. The minimum Gasteiger partial charge on any atom is -0.497 e. The van der Waals surface area contributed by atoms with Crippen LogP contribution in [0.2, 0.25) is 0 Å². The zero-order chi connectivity index (χ0) is 17.8. The van der Waals surface area contributed by atoms with Gasteiger partial charge in [0.2, 0.25) is 0 Å². The molecule has 4 rings (SSSR count). The molecule has 0 amide bonds. The van der Waals surface area contributed by atoms with Crippen LogP contribution >= 0.6 is 0 Å². The number of likely N-dealkylation sites (tertiary alicyclic amines) is 1. The molecule has 2 aromatic carbocycles. The predicted molar refractivity (Wildman–Crippen MR) is 103 cm³/mol. The average Bonchev–Trinajstić information content (AvgIpc) is 3.34. The van der Waals surface area contributed by atoms with E-state index in [1.807, 2.05) is 29.2 Å². The highest BCUT2D eigenvalue weighted by Crippen LogP contribution is 2.34. The first kappa shape index (κ1) is 16.9. The van der Waals surface area contributed by atoms with Gasteiger partial charge in [0.15, 0.2) is 0 Å². The Morgan fingerprint density at radius 2 is 1.88 bits per heavy atom. The van der Waals surface area contributed by atoms with E-state index >= 15 is 0 Å². The van der Waals surface area contributed by atoms with Gasteiger partial charge in [-0.15, -0.1) is 0 Å². The van der Waals surface area contributed by atoms with Gasteiger partial charge in [0.25, 0.3) is 0 Å². The Labute approximate surface area is 155 Å². The highest BCUT2D eigenvalue weighted by molar-refractivity contribution is 5.31. The molecule has 0 bridgehead atoms. The fourth-order valence-electron chi connectivity index (χ4n) is 3.88. The van der Waals surface area contributed by atoms with E-state index in [9.17, 15) is 0 Å². The molecule has 1 aliphatic heterocycles. The number of methoxy groups -OCH3 is 1. The lowest BCUT2D eigenvalue weighted by Crippen LogP contribution is -2.22. The van der Waals surface area contributed by atoms with E-state index in [1.165, 1.54) is 29.5 Å². The molecule has 3 aromatic rings. The average molecular weight is 347 g/mol. The summed E-state index contributed by atoms with van der Waals surface area (Å²) in [5.74, 6) is 0.940. The second-order valence-corrected chi connectivity index (χ2v) is 6.93. The maximum atomic E-state index is 5.41. The maximum absolute atomic E-state index is 5.41. The summed E-state index contributed by atoms with van der Waals surface area (Å²) in [6.07, 6.45) is 6.29. The third-order valence-corrected chi connectivity index (χ3v) is 5.12. The first-order chi connectivity index (χ1) is 12.8. The summed E-state index contributed by atoms with van der Waals surface area (Å²) in [4.78, 5) is 2.59. The Kier molecular flexibility index (Phi) is 5.02. The van der Waals surface area contributed by atoms with Gasteiger partial charge >= 0.3 is 0 Å². The SMILES string of the molecule is COc1cccc([C@@H]2CCCN2Cc2cccc(Cn3cccn3)c2)c1. The number of rotatable bonds is 6. The van der Waals surface area contributed by atoms with Crippen molar-refractivity contribution in [2.45, 2.75) is 32.0 Å². The summed E-state index contributed by atoms with van der Waals surface area (Å²) in [5.41, 5.74) is 4.02. The van der Waals surface area contributed by atoms with Crippen LogP contribution in [0.15, 0.2) is 67.0 Å². The van der Waals surface area contributed by atoms with Crippen molar-refractivity contribution < 1.29 is 4.74 Å². The summed E-state index contributed by atoms with van der Waals surface area (Å²) in [6, 6.07) is 19.8. The lowest BCUT2D eigenvalue weighted by Gasteiger charge is -2.25. The molecule has 1 fully saturated rings. The highest BCUT2D eigenvalue weighted by Gasteiger charge is 2.26. The molecule has 26 heavy (non-hydrogen) atoms. The molecule has 0 N–H and O–H groups in total. The molecule has 1 aromatic heterocycles. The monoisotopic (exact) mass is 347 g/mol. The van der Waals surface area contributed by atoms with Crippen LogP contribution in [-0.4, -0.2) is 28.3 Å². The predicted octanol–water partition coefficient (Wildman–Crippen LogP) is 4.28. The van der Waals surface area contributed by atoms with E-state index in [0.717, 1.165) is 25.4 Å². The normalized spacial score (nSPS) is 17.5. The van der Waals surface area contributed by atoms with Crippen LogP contribution in [0.3, 0.4) is 0 Å². The van der Waals surface area contributed by atoms with Crippen LogP contribution in [-0.2, 0) is 13.1 Å². The molecule has 4 heteroatoms. The van der Waals surface area contributed by atoms with Crippen LogP contribution in [0.25, 0.3) is 0 Å². The van der Waals surface area contributed by atoms with Gasteiger partial charge in [0.05, 0.1) is 13.7 Å². The van der Waals surface area contributed by atoms with Crippen LogP contribution in [0.4, 0.5) is 0 Å². The topological polar surface area (TPSA) is 30.3 Å². The number of aromatic nitrogens is 2. The lowest BCUT2D eigenvalue weighted by atomic mass is 10.0. The molecule has 2 heterocycles. The highest BCUT2D eigenvalue weighted by atomic mass is 16.5. The van der Waals surface area contributed by atoms with Gasteiger partial charge in [-0.25, -0.2) is 0 Å². The van der Waals surface area contributed by atoms with Gasteiger partial charge in [-0.2, -0.15) is 5.10 Å². The molecule has 1 atom stereocenters. The fraction of sp³-hybridized carbons (Fsp3) is 0.318. The minimum absolute atomic E-state index is 0.472. The van der Waals surface area contributed by atoms with Crippen molar-refractivity contribution in [1.82, 2.24) is 14.7 Å². The van der Waals surface area contributed by atoms with E-state index in [4.69, 9.17) is 4.74 Å². The second kappa shape index (κ2) is 7.75. The van der Waals surface area contributed by atoms with E-state index in [0.29, 0.717) is 6.04 Å². The van der Waals surface area contributed by atoms with Crippen LogP contribution in [0, 0.1) is 0 Å². The molecule has 0 radical (unpaired) electrons. The number of nitrogens with zero attached hydrogens (tertiary/aromatic N) is 3. The van der Waals surface area contributed by atoms with Gasteiger partial charge in [0, 0.05) is 25.0 Å². The van der Waals surface area contributed by atoms with Crippen molar-refractivity contribution in [1.29, 1.82) is 0 Å². The largest absolute Gasteiger partial charge is 0.497 e. The Morgan fingerprint density at radius 3 is 2.69 bits per heavy atom. The molecule has 4 nitrogen and oxygen atoms in total. The molecule has 0 aliphatic carbocycles. The Hall–Kier alpha value is -2.59. The van der Waals surface area contributed by atoms with E-state index in [-0.39, 0.29) is 0 Å². The molecular formula is C22H25N3O. The molecule has 1 saturated heterocycles. The van der Waals surface area contributed by atoms with Crippen LogP contribution in [0.5, 0.6) is 5.75 Å². The smallest absolute Gasteiger partial charge is 0.119 e. The zero-order valence-corrected chi connectivity index (χ0v) is 15.2. The standard InChI is InChI=1S/C22H25N3O/c1-26-21-9-3-8-20(15-21)22-10-4-12-24(22)16-18-6-2-7-19(14-18)17-25-13-5-11-23-25/h2-3,5-9,11,13-15,22H,4,10,12,16-17H2,1H3/t22-/m0/s1. The maximum Gasteiger partial charge on any atom is 0.119 e. The van der Waals surface area contributed by atoms with E-state index < -0.39 is 0 Å². The zero-order valence-electron chi connectivity index (χ0n) is 15.2. The van der Waals surface area contributed by atoms with Gasteiger partial charge in [-0.3, -0.25) is 9.58 Å². The second-order valence-electron chi connectivity index (χ2n) is 6.93. The fourth-order valence-corrected chi connectivity index (χ4v) is 3.88. The third kappa shape index (κ3) is 3.81. The lowest BCUT2D eigenvalue weighted by molar-refractivity contribution is 0.248. The molecule has 1 aliphatic rings. The van der Waals surface area contributed by atoms with Gasteiger partial charge < -0.3 is 4.74 Å². The van der Waals surface area contributed by atoms with Crippen molar-refractivity contribution in [2.24, 2.45) is 0 Å². The molecule has 134 valence electrons. The molecule has 0 unspecified atom stereocenters. The van der Waals surface area contributed by atoms with Gasteiger partial charge in [0.1, 0.15) is 5.75 Å². The molecule has 0 saturated carbocycles. The summed E-state index contributed by atoms with van der Waals surface area (Å²) in [6.45, 7) is 2.94. The van der Waals surface area contributed by atoms with Crippen molar-refractivity contribution in [3.8, 4) is 5.75 Å². The van der Waals surface area contributed by atoms with Crippen LogP contribution < -0.4 is 4.74 Å². The van der Waals surface area contributed by atoms with E-state index in [1.54, 1.807) is 7.11 Å². The quantitative estimate of drug-likeness (QED) is 0.667.